The fourth-order valence-corrected chi connectivity index (χ4v) is 3.00. The number of carbonyl (C=O) groups excluding carboxylic acids is 3. The Bertz CT molecular complexity index is 550. The lowest BCUT2D eigenvalue weighted by Gasteiger charge is -2.44. The first kappa shape index (κ1) is 23.1. The van der Waals surface area contributed by atoms with Crippen LogP contribution in [0.25, 0.3) is 0 Å². The standard InChI is InChI=1S/C19H34N4O4/c1-7-8-9-27-14(6)18(25)22(10-12(2)3)15-16(20)23(11-13(4)5)19(26)21-17(15)24/h7,12-16H,1,8-11,20H2,2-6H3,(H,21,24,26). The maximum absolute atomic E-state index is 13.0. The van der Waals surface area contributed by atoms with Crippen molar-refractivity contribution in [3.8, 4) is 0 Å². The van der Waals surface area contributed by atoms with Gasteiger partial charge < -0.3 is 20.3 Å². The van der Waals surface area contributed by atoms with E-state index >= 15 is 0 Å². The van der Waals surface area contributed by atoms with E-state index in [9.17, 15) is 14.4 Å². The molecule has 3 unspecified atom stereocenters. The van der Waals surface area contributed by atoms with Crippen LogP contribution in [0.3, 0.4) is 0 Å². The van der Waals surface area contributed by atoms with E-state index in [2.05, 4.69) is 11.9 Å². The minimum Gasteiger partial charge on any atom is -0.368 e. The molecule has 0 bridgehead atoms. The molecule has 1 saturated heterocycles. The lowest BCUT2D eigenvalue weighted by Crippen LogP contribution is -2.72. The van der Waals surface area contributed by atoms with Gasteiger partial charge in [0.25, 0.3) is 11.8 Å². The number of nitrogens with one attached hydrogen (secondary N) is 1. The minimum absolute atomic E-state index is 0.116. The molecule has 0 aromatic carbocycles. The van der Waals surface area contributed by atoms with E-state index < -0.39 is 30.2 Å². The molecule has 154 valence electrons. The van der Waals surface area contributed by atoms with Gasteiger partial charge in [-0.2, -0.15) is 0 Å². The molecule has 0 saturated carbocycles. The number of hydrogen-bond donors (Lipinski definition) is 2. The fraction of sp³-hybridized carbons (Fsp3) is 0.737. The van der Waals surface area contributed by atoms with Gasteiger partial charge in [-0.05, 0) is 25.2 Å². The van der Waals surface area contributed by atoms with Gasteiger partial charge in [-0.3, -0.25) is 14.9 Å². The van der Waals surface area contributed by atoms with Gasteiger partial charge in [0.2, 0.25) is 0 Å². The van der Waals surface area contributed by atoms with Gasteiger partial charge in [0.15, 0.2) is 0 Å². The molecule has 0 radical (unpaired) electrons. The van der Waals surface area contributed by atoms with Gasteiger partial charge in [-0.1, -0.05) is 33.8 Å². The number of nitrogens with zero attached hydrogens (tertiary/aromatic N) is 2. The Morgan fingerprint density at radius 2 is 1.93 bits per heavy atom. The zero-order valence-electron chi connectivity index (χ0n) is 17.1. The van der Waals surface area contributed by atoms with Crippen LogP contribution in [-0.4, -0.2) is 65.7 Å². The van der Waals surface area contributed by atoms with Crippen molar-refractivity contribution in [3.63, 3.8) is 0 Å². The molecule has 1 rings (SSSR count). The number of rotatable bonds is 10. The highest BCUT2D eigenvalue weighted by Gasteiger charge is 2.45. The Labute approximate surface area is 162 Å². The normalized spacial score (nSPS) is 21.4. The quantitative estimate of drug-likeness (QED) is 0.438. The van der Waals surface area contributed by atoms with Crippen molar-refractivity contribution in [2.75, 3.05) is 19.7 Å². The van der Waals surface area contributed by atoms with Crippen molar-refractivity contribution in [1.29, 1.82) is 0 Å². The lowest BCUT2D eigenvalue weighted by atomic mass is 10.0. The zero-order chi connectivity index (χ0) is 20.7. The van der Waals surface area contributed by atoms with Crippen molar-refractivity contribution in [2.45, 2.75) is 59.4 Å². The molecule has 0 aliphatic carbocycles. The molecule has 0 spiro atoms. The van der Waals surface area contributed by atoms with Crippen molar-refractivity contribution >= 4 is 17.8 Å². The van der Waals surface area contributed by atoms with E-state index in [0.717, 1.165) is 0 Å². The van der Waals surface area contributed by atoms with E-state index in [1.807, 2.05) is 27.7 Å². The summed E-state index contributed by atoms with van der Waals surface area (Å²) in [6, 6.07) is -1.48. The average molecular weight is 383 g/mol. The molecule has 27 heavy (non-hydrogen) atoms. The summed E-state index contributed by atoms with van der Waals surface area (Å²) in [7, 11) is 0. The Balaban J connectivity index is 3.08. The average Bonchev–Trinajstić information content (AvgIpc) is 2.56. The van der Waals surface area contributed by atoms with E-state index in [1.54, 1.807) is 13.0 Å². The topological polar surface area (TPSA) is 105 Å². The van der Waals surface area contributed by atoms with E-state index in [0.29, 0.717) is 26.1 Å². The van der Waals surface area contributed by atoms with Crippen LogP contribution in [0.1, 0.15) is 41.0 Å². The first-order chi connectivity index (χ1) is 12.6. The van der Waals surface area contributed by atoms with Crippen LogP contribution in [0, 0.1) is 11.8 Å². The summed E-state index contributed by atoms with van der Waals surface area (Å²) in [5, 5.41) is 2.34. The van der Waals surface area contributed by atoms with Crippen molar-refractivity contribution in [1.82, 2.24) is 15.1 Å². The van der Waals surface area contributed by atoms with Crippen LogP contribution in [0.2, 0.25) is 0 Å². The van der Waals surface area contributed by atoms with Crippen molar-refractivity contribution in [2.24, 2.45) is 17.6 Å². The van der Waals surface area contributed by atoms with Gasteiger partial charge >= 0.3 is 6.03 Å². The number of hydrogen-bond acceptors (Lipinski definition) is 5. The van der Waals surface area contributed by atoms with Gasteiger partial charge in [0.1, 0.15) is 18.3 Å². The predicted octanol–water partition coefficient (Wildman–Crippen LogP) is 1.31. The van der Waals surface area contributed by atoms with Gasteiger partial charge in [0, 0.05) is 13.1 Å². The monoisotopic (exact) mass is 382 g/mol. The van der Waals surface area contributed by atoms with Crippen LogP contribution < -0.4 is 11.1 Å². The third-order valence-corrected chi connectivity index (χ3v) is 4.22. The van der Waals surface area contributed by atoms with Gasteiger partial charge in [-0.25, -0.2) is 4.79 Å². The van der Waals surface area contributed by atoms with Crippen LogP contribution >= 0.6 is 0 Å². The third-order valence-electron chi connectivity index (χ3n) is 4.22. The highest BCUT2D eigenvalue weighted by molar-refractivity contribution is 6.02. The molecule has 0 aromatic rings. The van der Waals surface area contributed by atoms with Gasteiger partial charge in [0.05, 0.1) is 6.61 Å². The number of imide groups is 1. The van der Waals surface area contributed by atoms with Gasteiger partial charge in [-0.15, -0.1) is 6.58 Å². The van der Waals surface area contributed by atoms with Crippen molar-refractivity contribution < 1.29 is 19.1 Å². The first-order valence-electron chi connectivity index (χ1n) is 9.50. The zero-order valence-corrected chi connectivity index (χ0v) is 17.1. The molecule has 8 nitrogen and oxygen atoms in total. The summed E-state index contributed by atoms with van der Waals surface area (Å²) < 4.78 is 5.57. The minimum atomic E-state index is -0.957. The van der Waals surface area contributed by atoms with E-state index in [4.69, 9.17) is 10.5 Å². The predicted molar refractivity (Wildman–Crippen MR) is 104 cm³/mol. The Morgan fingerprint density at radius 3 is 2.44 bits per heavy atom. The number of amides is 4. The summed E-state index contributed by atoms with van der Waals surface area (Å²) in [5.74, 6) is -0.585. The number of nitrogens with two attached hydrogens (primary N) is 1. The SMILES string of the molecule is C=CCCOC(C)C(=O)N(CC(C)C)C1C(=O)NC(=O)N(CC(C)C)C1N. The van der Waals surface area contributed by atoms with Crippen LogP contribution in [0.15, 0.2) is 12.7 Å². The molecule has 4 amide bonds. The molecule has 8 heteroatoms. The van der Waals surface area contributed by atoms with Crippen LogP contribution in [0.5, 0.6) is 0 Å². The molecular formula is C19H34N4O4. The summed E-state index contributed by atoms with van der Waals surface area (Å²) >= 11 is 0. The summed E-state index contributed by atoms with van der Waals surface area (Å²) in [6.07, 6.45) is 0.710. The second-order valence-corrected chi connectivity index (χ2v) is 7.75. The van der Waals surface area contributed by atoms with E-state index in [1.165, 1.54) is 9.80 Å². The van der Waals surface area contributed by atoms with Crippen LogP contribution in [0.4, 0.5) is 4.79 Å². The Kier molecular flexibility index (Phi) is 8.92. The third kappa shape index (κ3) is 6.32. The Hall–Kier alpha value is -1.93. The van der Waals surface area contributed by atoms with E-state index in [-0.39, 0.29) is 17.7 Å². The van der Waals surface area contributed by atoms with Crippen molar-refractivity contribution in [3.05, 3.63) is 12.7 Å². The molecular weight excluding hydrogens is 348 g/mol. The molecule has 1 fully saturated rings. The summed E-state index contributed by atoms with van der Waals surface area (Å²) in [6.45, 7) is 14.2. The highest BCUT2D eigenvalue weighted by Crippen LogP contribution is 2.18. The molecule has 0 aromatic heterocycles. The fourth-order valence-electron chi connectivity index (χ4n) is 3.00. The lowest BCUT2D eigenvalue weighted by molar-refractivity contribution is -0.153. The second-order valence-electron chi connectivity index (χ2n) is 7.75. The Morgan fingerprint density at radius 1 is 1.30 bits per heavy atom. The largest absolute Gasteiger partial charge is 0.368 e. The maximum Gasteiger partial charge on any atom is 0.325 e. The van der Waals surface area contributed by atoms with Crippen LogP contribution in [-0.2, 0) is 14.3 Å². The molecule has 3 atom stereocenters. The highest BCUT2D eigenvalue weighted by atomic mass is 16.5. The smallest absolute Gasteiger partial charge is 0.325 e. The summed E-state index contributed by atoms with van der Waals surface area (Å²) in [5.41, 5.74) is 6.28. The number of carbonyl (C=O) groups is 3. The first-order valence-corrected chi connectivity index (χ1v) is 9.50. The molecule has 3 N–H and O–H groups in total. The molecule has 1 aliphatic heterocycles. The number of urea groups is 1. The summed E-state index contributed by atoms with van der Waals surface area (Å²) in [4.78, 5) is 40.6. The molecule has 1 heterocycles. The maximum atomic E-state index is 13.0. The molecule has 1 aliphatic rings. The second kappa shape index (κ2) is 10.4. The number of ether oxygens (including phenoxy) is 1.